The van der Waals surface area contributed by atoms with Gasteiger partial charge in [-0.25, -0.2) is 0 Å². The van der Waals surface area contributed by atoms with E-state index in [0.29, 0.717) is 5.69 Å². The second-order valence-corrected chi connectivity index (χ2v) is 5.48. The monoisotopic (exact) mass is 314 g/mol. The zero-order valence-corrected chi connectivity index (χ0v) is 13.5. The van der Waals surface area contributed by atoms with Crippen LogP contribution in [0.15, 0.2) is 73.4 Å². The smallest absolute Gasteiger partial charge is 0.274 e. The SMILES string of the molecule is C=Cc1ccnc(C(=O)Nc2cccc(-c3ccccc3)c2C)c1. The lowest BCUT2D eigenvalue weighted by atomic mass is 9.99. The van der Waals surface area contributed by atoms with Crippen LogP contribution in [0, 0.1) is 6.92 Å². The molecule has 0 aliphatic rings. The third-order valence-electron chi connectivity index (χ3n) is 3.92. The molecule has 1 aromatic heterocycles. The van der Waals surface area contributed by atoms with Crippen molar-refractivity contribution in [2.24, 2.45) is 0 Å². The third kappa shape index (κ3) is 3.25. The Morgan fingerprint density at radius 2 is 1.88 bits per heavy atom. The van der Waals surface area contributed by atoms with Crippen LogP contribution in [0.3, 0.4) is 0 Å². The molecule has 1 N–H and O–H groups in total. The number of pyridine rings is 1. The Morgan fingerprint density at radius 1 is 1.08 bits per heavy atom. The van der Waals surface area contributed by atoms with Crippen molar-refractivity contribution in [3.05, 3.63) is 90.3 Å². The lowest BCUT2D eigenvalue weighted by molar-refractivity contribution is 0.102. The Morgan fingerprint density at radius 3 is 2.62 bits per heavy atom. The van der Waals surface area contributed by atoms with E-state index in [9.17, 15) is 4.79 Å². The minimum atomic E-state index is -0.230. The number of aromatic nitrogens is 1. The van der Waals surface area contributed by atoms with Crippen LogP contribution in [0.4, 0.5) is 5.69 Å². The second kappa shape index (κ2) is 6.92. The molecule has 0 fully saturated rings. The largest absolute Gasteiger partial charge is 0.320 e. The molecule has 0 saturated carbocycles. The Hall–Kier alpha value is -3.20. The summed E-state index contributed by atoms with van der Waals surface area (Å²) < 4.78 is 0. The summed E-state index contributed by atoms with van der Waals surface area (Å²) >= 11 is 0. The number of nitrogens with one attached hydrogen (secondary N) is 1. The summed E-state index contributed by atoms with van der Waals surface area (Å²) in [7, 11) is 0. The van der Waals surface area contributed by atoms with E-state index in [4.69, 9.17) is 0 Å². The van der Waals surface area contributed by atoms with Crippen LogP contribution in [0.2, 0.25) is 0 Å². The van der Waals surface area contributed by atoms with Gasteiger partial charge in [0, 0.05) is 11.9 Å². The minimum absolute atomic E-state index is 0.230. The summed E-state index contributed by atoms with van der Waals surface area (Å²) in [4.78, 5) is 16.6. The van der Waals surface area contributed by atoms with Gasteiger partial charge in [0.05, 0.1) is 0 Å². The van der Waals surface area contributed by atoms with Crippen LogP contribution < -0.4 is 5.32 Å². The van der Waals surface area contributed by atoms with Gasteiger partial charge in [0.15, 0.2) is 0 Å². The van der Waals surface area contributed by atoms with Gasteiger partial charge in [-0.05, 0) is 47.4 Å². The number of benzene rings is 2. The number of carbonyl (C=O) groups is 1. The molecular formula is C21H18N2O. The van der Waals surface area contributed by atoms with Crippen molar-refractivity contribution in [2.45, 2.75) is 6.92 Å². The van der Waals surface area contributed by atoms with Crippen molar-refractivity contribution in [1.82, 2.24) is 4.98 Å². The van der Waals surface area contributed by atoms with Crippen molar-refractivity contribution < 1.29 is 4.79 Å². The highest BCUT2D eigenvalue weighted by molar-refractivity contribution is 6.04. The minimum Gasteiger partial charge on any atom is -0.320 e. The number of rotatable bonds is 4. The molecular weight excluding hydrogens is 296 g/mol. The summed E-state index contributed by atoms with van der Waals surface area (Å²) in [5.41, 5.74) is 5.27. The summed E-state index contributed by atoms with van der Waals surface area (Å²) in [6, 6.07) is 19.5. The van der Waals surface area contributed by atoms with E-state index >= 15 is 0 Å². The Balaban J connectivity index is 1.90. The van der Waals surface area contributed by atoms with Gasteiger partial charge in [-0.2, -0.15) is 0 Å². The first-order chi connectivity index (χ1) is 11.7. The molecule has 0 atom stereocenters. The molecule has 3 heteroatoms. The highest BCUT2D eigenvalue weighted by Gasteiger charge is 2.11. The Labute approximate surface area is 141 Å². The lowest BCUT2D eigenvalue weighted by Crippen LogP contribution is -2.14. The van der Waals surface area contributed by atoms with Crippen molar-refractivity contribution in [3.63, 3.8) is 0 Å². The fraction of sp³-hybridized carbons (Fsp3) is 0.0476. The van der Waals surface area contributed by atoms with E-state index in [1.807, 2.05) is 43.3 Å². The molecule has 0 spiro atoms. The molecule has 3 nitrogen and oxygen atoms in total. The second-order valence-electron chi connectivity index (χ2n) is 5.48. The van der Waals surface area contributed by atoms with Crippen molar-refractivity contribution in [3.8, 4) is 11.1 Å². The van der Waals surface area contributed by atoms with E-state index in [2.05, 4.69) is 35.1 Å². The number of amides is 1. The molecule has 0 unspecified atom stereocenters. The van der Waals surface area contributed by atoms with Gasteiger partial charge < -0.3 is 5.32 Å². The maximum Gasteiger partial charge on any atom is 0.274 e. The molecule has 1 heterocycles. The predicted molar refractivity (Wildman–Crippen MR) is 98.9 cm³/mol. The number of hydrogen-bond donors (Lipinski definition) is 1. The number of anilines is 1. The molecule has 0 aliphatic carbocycles. The Kier molecular flexibility index (Phi) is 4.52. The van der Waals surface area contributed by atoms with E-state index in [0.717, 1.165) is 27.9 Å². The van der Waals surface area contributed by atoms with Crippen LogP contribution in [-0.2, 0) is 0 Å². The number of nitrogens with zero attached hydrogens (tertiary/aromatic N) is 1. The van der Waals surface area contributed by atoms with Gasteiger partial charge in [0.2, 0.25) is 0 Å². The van der Waals surface area contributed by atoms with Gasteiger partial charge in [0.25, 0.3) is 5.91 Å². The standard InChI is InChI=1S/C21H18N2O/c1-3-16-12-13-22-20(14-16)21(24)23-19-11-7-10-18(15(19)2)17-8-5-4-6-9-17/h3-14H,1H2,2H3,(H,23,24). The summed E-state index contributed by atoms with van der Waals surface area (Å²) in [6.07, 6.45) is 3.30. The Bertz CT molecular complexity index is 885. The maximum atomic E-state index is 12.5. The molecule has 0 aliphatic heterocycles. The summed E-state index contributed by atoms with van der Waals surface area (Å²) in [5.74, 6) is -0.230. The van der Waals surface area contributed by atoms with Crippen LogP contribution in [0.5, 0.6) is 0 Å². The van der Waals surface area contributed by atoms with Crippen LogP contribution in [0.25, 0.3) is 17.2 Å². The molecule has 118 valence electrons. The van der Waals surface area contributed by atoms with Gasteiger partial charge in [-0.15, -0.1) is 0 Å². The fourth-order valence-corrected chi connectivity index (χ4v) is 2.59. The molecule has 24 heavy (non-hydrogen) atoms. The molecule has 0 radical (unpaired) electrons. The zero-order chi connectivity index (χ0) is 16.9. The van der Waals surface area contributed by atoms with Crippen LogP contribution in [-0.4, -0.2) is 10.9 Å². The quantitative estimate of drug-likeness (QED) is 0.740. The zero-order valence-electron chi connectivity index (χ0n) is 13.5. The highest BCUT2D eigenvalue weighted by atomic mass is 16.1. The van der Waals surface area contributed by atoms with Crippen LogP contribution >= 0.6 is 0 Å². The first-order valence-corrected chi connectivity index (χ1v) is 7.74. The summed E-state index contributed by atoms with van der Waals surface area (Å²) in [6.45, 7) is 5.72. The van der Waals surface area contributed by atoms with E-state index in [1.165, 1.54) is 0 Å². The lowest BCUT2D eigenvalue weighted by Gasteiger charge is -2.12. The normalized spacial score (nSPS) is 10.2. The molecule has 3 aromatic rings. The molecule has 2 aromatic carbocycles. The highest BCUT2D eigenvalue weighted by Crippen LogP contribution is 2.28. The van der Waals surface area contributed by atoms with Gasteiger partial charge >= 0.3 is 0 Å². The predicted octanol–water partition coefficient (Wildman–Crippen LogP) is 4.95. The fourth-order valence-electron chi connectivity index (χ4n) is 2.59. The molecule has 3 rings (SSSR count). The first-order valence-electron chi connectivity index (χ1n) is 7.74. The van der Waals surface area contributed by atoms with Crippen molar-refractivity contribution in [1.29, 1.82) is 0 Å². The average molecular weight is 314 g/mol. The van der Waals surface area contributed by atoms with E-state index < -0.39 is 0 Å². The molecule has 0 bridgehead atoms. The average Bonchev–Trinajstić information content (AvgIpc) is 2.64. The summed E-state index contributed by atoms with van der Waals surface area (Å²) in [5, 5.41) is 2.95. The third-order valence-corrected chi connectivity index (χ3v) is 3.92. The van der Waals surface area contributed by atoms with E-state index in [-0.39, 0.29) is 5.91 Å². The van der Waals surface area contributed by atoms with Crippen molar-refractivity contribution in [2.75, 3.05) is 5.32 Å². The van der Waals surface area contributed by atoms with E-state index in [1.54, 1.807) is 18.3 Å². The topological polar surface area (TPSA) is 42.0 Å². The molecule has 1 amide bonds. The van der Waals surface area contributed by atoms with Crippen LogP contribution in [0.1, 0.15) is 21.6 Å². The maximum absolute atomic E-state index is 12.5. The van der Waals surface area contributed by atoms with Gasteiger partial charge in [-0.3, -0.25) is 9.78 Å². The number of carbonyl (C=O) groups excluding carboxylic acids is 1. The van der Waals surface area contributed by atoms with Gasteiger partial charge in [-0.1, -0.05) is 55.1 Å². The number of hydrogen-bond acceptors (Lipinski definition) is 2. The van der Waals surface area contributed by atoms with Crippen molar-refractivity contribution >= 4 is 17.7 Å². The molecule has 0 saturated heterocycles. The van der Waals surface area contributed by atoms with Gasteiger partial charge in [0.1, 0.15) is 5.69 Å². The first kappa shape index (κ1) is 15.7.